The summed E-state index contributed by atoms with van der Waals surface area (Å²) in [6.45, 7) is 1.30. The van der Waals surface area contributed by atoms with Crippen molar-refractivity contribution in [3.8, 4) is 0 Å². The van der Waals surface area contributed by atoms with Crippen molar-refractivity contribution >= 4 is 11.3 Å². The Morgan fingerprint density at radius 3 is 2.67 bits per heavy atom. The van der Waals surface area contributed by atoms with Gasteiger partial charge in [0.2, 0.25) is 0 Å². The lowest BCUT2D eigenvalue weighted by molar-refractivity contribution is 0.0574. The predicted molar refractivity (Wildman–Crippen MR) is 76.8 cm³/mol. The molecule has 0 aliphatic carbocycles. The van der Waals surface area contributed by atoms with Gasteiger partial charge < -0.3 is 10.5 Å². The molecule has 1 unspecified atom stereocenters. The lowest BCUT2D eigenvalue weighted by Gasteiger charge is -2.14. The number of hydrogen-bond donors (Lipinski definition) is 1. The van der Waals surface area contributed by atoms with E-state index in [-0.39, 0.29) is 6.10 Å². The first-order chi connectivity index (χ1) is 8.90. The van der Waals surface area contributed by atoms with Crippen molar-refractivity contribution in [1.29, 1.82) is 0 Å². The smallest absolute Gasteiger partial charge is 0.0955 e. The van der Waals surface area contributed by atoms with E-state index in [1.165, 1.54) is 11.1 Å². The fourth-order valence-electron chi connectivity index (χ4n) is 1.91. The number of aryl methyl sites for hydroxylation is 1. The molecule has 0 amide bonds. The summed E-state index contributed by atoms with van der Waals surface area (Å²) in [6.07, 6.45) is 2.14. The summed E-state index contributed by atoms with van der Waals surface area (Å²) in [5.41, 5.74) is 8.30. The summed E-state index contributed by atoms with van der Waals surface area (Å²) in [5, 5.41) is 4.17. The molecule has 2 aromatic rings. The maximum atomic E-state index is 5.84. The lowest BCUT2D eigenvalue weighted by Crippen LogP contribution is -2.16. The molecule has 0 bridgehead atoms. The molecule has 0 radical (unpaired) electrons. The van der Waals surface area contributed by atoms with E-state index in [4.69, 9.17) is 10.5 Å². The maximum absolute atomic E-state index is 5.84. The standard InChI is InChI=1S/C15H19NOS/c16-11-15(14-8-10-18-12-14)17-9-4-7-13-5-2-1-3-6-13/h1-3,5-6,8,10,12,15H,4,7,9,11,16H2. The largest absolute Gasteiger partial charge is 0.372 e. The summed E-state index contributed by atoms with van der Waals surface area (Å²) in [7, 11) is 0. The highest BCUT2D eigenvalue weighted by molar-refractivity contribution is 7.07. The highest BCUT2D eigenvalue weighted by atomic mass is 32.1. The number of thiophene rings is 1. The van der Waals surface area contributed by atoms with Crippen LogP contribution in [0.3, 0.4) is 0 Å². The zero-order valence-electron chi connectivity index (χ0n) is 10.4. The zero-order chi connectivity index (χ0) is 12.6. The SMILES string of the molecule is NCC(OCCCc1ccccc1)c1ccsc1. The van der Waals surface area contributed by atoms with Crippen LogP contribution in [0.1, 0.15) is 23.7 Å². The molecule has 0 fully saturated rings. The number of benzene rings is 1. The van der Waals surface area contributed by atoms with Gasteiger partial charge in [0, 0.05) is 13.2 Å². The van der Waals surface area contributed by atoms with Crippen molar-refractivity contribution < 1.29 is 4.74 Å². The summed E-state index contributed by atoms with van der Waals surface area (Å²) < 4.78 is 5.84. The Balaban J connectivity index is 1.71. The van der Waals surface area contributed by atoms with Gasteiger partial charge in [-0.15, -0.1) is 0 Å². The van der Waals surface area contributed by atoms with Gasteiger partial charge in [-0.2, -0.15) is 11.3 Å². The van der Waals surface area contributed by atoms with Crippen LogP contribution in [-0.2, 0) is 11.2 Å². The topological polar surface area (TPSA) is 35.2 Å². The second-order valence-electron chi connectivity index (χ2n) is 4.24. The fraction of sp³-hybridized carbons (Fsp3) is 0.333. The van der Waals surface area contributed by atoms with Gasteiger partial charge in [0.25, 0.3) is 0 Å². The van der Waals surface area contributed by atoms with Gasteiger partial charge in [0.1, 0.15) is 0 Å². The third kappa shape index (κ3) is 3.95. The highest BCUT2D eigenvalue weighted by Gasteiger charge is 2.09. The maximum Gasteiger partial charge on any atom is 0.0955 e. The molecule has 1 aromatic carbocycles. The molecule has 0 aliphatic heterocycles. The van der Waals surface area contributed by atoms with E-state index in [0.717, 1.165) is 19.4 Å². The van der Waals surface area contributed by atoms with Gasteiger partial charge in [-0.05, 0) is 40.8 Å². The molecule has 2 rings (SSSR count). The molecule has 2 N–H and O–H groups in total. The van der Waals surface area contributed by atoms with Gasteiger partial charge in [-0.1, -0.05) is 30.3 Å². The van der Waals surface area contributed by atoms with Gasteiger partial charge in [-0.25, -0.2) is 0 Å². The van der Waals surface area contributed by atoms with Crippen molar-refractivity contribution in [3.63, 3.8) is 0 Å². The molecule has 1 aromatic heterocycles. The van der Waals surface area contributed by atoms with Crippen LogP contribution in [0.4, 0.5) is 0 Å². The average molecular weight is 261 g/mol. The first kappa shape index (κ1) is 13.3. The fourth-order valence-corrected chi connectivity index (χ4v) is 2.61. The third-order valence-corrected chi connectivity index (χ3v) is 3.60. The van der Waals surface area contributed by atoms with Gasteiger partial charge >= 0.3 is 0 Å². The first-order valence-corrected chi connectivity index (χ1v) is 7.22. The second-order valence-corrected chi connectivity index (χ2v) is 5.02. The number of nitrogens with two attached hydrogens (primary N) is 1. The average Bonchev–Trinajstić information content (AvgIpc) is 2.94. The monoisotopic (exact) mass is 261 g/mol. The third-order valence-electron chi connectivity index (χ3n) is 2.90. The van der Waals surface area contributed by atoms with Crippen molar-refractivity contribution in [2.75, 3.05) is 13.2 Å². The minimum Gasteiger partial charge on any atom is -0.372 e. The molecule has 0 saturated carbocycles. The molecule has 0 spiro atoms. The Morgan fingerprint density at radius 1 is 1.17 bits per heavy atom. The van der Waals surface area contributed by atoms with Crippen LogP contribution in [0.15, 0.2) is 47.2 Å². The Hall–Kier alpha value is -1.16. The molecule has 0 aliphatic rings. The Bertz CT molecular complexity index is 427. The van der Waals surface area contributed by atoms with E-state index in [1.807, 2.05) is 6.07 Å². The normalized spacial score (nSPS) is 12.5. The molecule has 2 nitrogen and oxygen atoms in total. The van der Waals surface area contributed by atoms with Crippen LogP contribution in [0.2, 0.25) is 0 Å². The highest BCUT2D eigenvalue weighted by Crippen LogP contribution is 2.19. The molecule has 96 valence electrons. The van der Waals surface area contributed by atoms with Crippen molar-refractivity contribution in [2.45, 2.75) is 18.9 Å². The van der Waals surface area contributed by atoms with Crippen molar-refractivity contribution in [2.24, 2.45) is 5.73 Å². The Labute approximate surface area is 112 Å². The van der Waals surface area contributed by atoms with Crippen molar-refractivity contribution in [3.05, 3.63) is 58.3 Å². The molecule has 1 heterocycles. The van der Waals surface area contributed by atoms with E-state index < -0.39 is 0 Å². The quantitative estimate of drug-likeness (QED) is 0.775. The number of ether oxygens (including phenoxy) is 1. The van der Waals surface area contributed by atoms with Crippen LogP contribution in [0, 0.1) is 0 Å². The van der Waals surface area contributed by atoms with E-state index in [1.54, 1.807) is 11.3 Å². The van der Waals surface area contributed by atoms with Crippen LogP contribution >= 0.6 is 11.3 Å². The van der Waals surface area contributed by atoms with Crippen LogP contribution < -0.4 is 5.73 Å². The predicted octanol–water partition coefficient (Wildman–Crippen LogP) is 3.40. The minimum absolute atomic E-state index is 0.0482. The summed E-state index contributed by atoms with van der Waals surface area (Å²) in [4.78, 5) is 0. The van der Waals surface area contributed by atoms with E-state index in [2.05, 4.69) is 41.1 Å². The van der Waals surface area contributed by atoms with Crippen LogP contribution in [0.25, 0.3) is 0 Å². The van der Waals surface area contributed by atoms with Crippen molar-refractivity contribution in [1.82, 2.24) is 0 Å². The number of hydrogen-bond acceptors (Lipinski definition) is 3. The summed E-state index contributed by atoms with van der Waals surface area (Å²) >= 11 is 1.68. The Kier molecular flexibility index (Phi) is 5.39. The van der Waals surface area contributed by atoms with Crippen LogP contribution in [-0.4, -0.2) is 13.2 Å². The molecule has 3 heteroatoms. The van der Waals surface area contributed by atoms with Gasteiger partial charge in [0.05, 0.1) is 6.10 Å². The first-order valence-electron chi connectivity index (χ1n) is 6.28. The lowest BCUT2D eigenvalue weighted by atomic mass is 10.1. The van der Waals surface area contributed by atoms with E-state index in [0.29, 0.717) is 6.54 Å². The summed E-state index contributed by atoms with van der Waals surface area (Å²) in [6, 6.07) is 12.6. The minimum atomic E-state index is 0.0482. The molecule has 0 saturated heterocycles. The van der Waals surface area contributed by atoms with E-state index >= 15 is 0 Å². The second kappa shape index (κ2) is 7.31. The Morgan fingerprint density at radius 2 is 2.00 bits per heavy atom. The molecule has 1 atom stereocenters. The van der Waals surface area contributed by atoms with Gasteiger partial charge in [0.15, 0.2) is 0 Å². The number of rotatable bonds is 7. The molecular formula is C15H19NOS. The molecular weight excluding hydrogens is 242 g/mol. The zero-order valence-corrected chi connectivity index (χ0v) is 11.2. The van der Waals surface area contributed by atoms with E-state index in [9.17, 15) is 0 Å². The summed E-state index contributed by atoms with van der Waals surface area (Å²) in [5.74, 6) is 0. The van der Waals surface area contributed by atoms with Crippen LogP contribution in [0.5, 0.6) is 0 Å². The van der Waals surface area contributed by atoms with Gasteiger partial charge in [-0.3, -0.25) is 0 Å². The molecule has 18 heavy (non-hydrogen) atoms.